The first-order valence-corrected chi connectivity index (χ1v) is 5.77. The maximum absolute atomic E-state index is 5.88. The van der Waals surface area contributed by atoms with E-state index >= 15 is 0 Å². The van der Waals surface area contributed by atoms with E-state index < -0.39 is 0 Å². The van der Waals surface area contributed by atoms with Crippen LogP contribution in [0.3, 0.4) is 0 Å². The van der Waals surface area contributed by atoms with Crippen molar-refractivity contribution in [3.05, 3.63) is 40.8 Å². The molecule has 0 nitrogen and oxygen atoms in total. The van der Waals surface area contributed by atoms with Crippen molar-refractivity contribution in [3.8, 4) is 0 Å². The molecular weight excluding hydrogens is 192 g/mol. The predicted molar refractivity (Wildman–Crippen MR) is 61.4 cm³/mol. The number of hydrogen-bond donors (Lipinski definition) is 0. The van der Waals surface area contributed by atoms with E-state index in [2.05, 4.69) is 19.1 Å². The van der Waals surface area contributed by atoms with Crippen LogP contribution in [0.4, 0.5) is 0 Å². The SMILES string of the molecule is CC1CCCC[C]1c1ccc(Cl)cc1. The Hall–Kier alpha value is -0.490. The van der Waals surface area contributed by atoms with Crippen LogP contribution in [0.15, 0.2) is 24.3 Å². The Balaban J connectivity index is 2.16. The minimum absolute atomic E-state index is 0.755. The van der Waals surface area contributed by atoms with Crippen molar-refractivity contribution >= 4 is 11.6 Å². The summed E-state index contributed by atoms with van der Waals surface area (Å²) in [6.07, 6.45) is 5.35. The van der Waals surface area contributed by atoms with E-state index in [-0.39, 0.29) is 0 Å². The van der Waals surface area contributed by atoms with Crippen molar-refractivity contribution in [1.82, 2.24) is 0 Å². The summed E-state index contributed by atoms with van der Waals surface area (Å²) < 4.78 is 0. The smallest absolute Gasteiger partial charge is 0.0406 e. The van der Waals surface area contributed by atoms with Crippen molar-refractivity contribution in [2.45, 2.75) is 32.6 Å². The van der Waals surface area contributed by atoms with Gasteiger partial charge in [-0.05, 0) is 36.5 Å². The summed E-state index contributed by atoms with van der Waals surface area (Å²) in [6.45, 7) is 2.34. The van der Waals surface area contributed by atoms with Gasteiger partial charge in [0, 0.05) is 10.9 Å². The summed E-state index contributed by atoms with van der Waals surface area (Å²) in [5.41, 5.74) is 1.39. The quantitative estimate of drug-likeness (QED) is 0.637. The Bertz CT molecular complexity index is 289. The van der Waals surface area contributed by atoms with E-state index in [4.69, 9.17) is 11.6 Å². The van der Waals surface area contributed by atoms with Crippen LogP contribution >= 0.6 is 11.6 Å². The lowest BCUT2D eigenvalue weighted by molar-refractivity contribution is 0.435. The Labute approximate surface area is 91.3 Å². The molecule has 1 aromatic rings. The Morgan fingerprint density at radius 3 is 2.50 bits per heavy atom. The lowest BCUT2D eigenvalue weighted by Crippen LogP contribution is -2.15. The van der Waals surface area contributed by atoms with Gasteiger partial charge in [0.1, 0.15) is 0 Å². The second-order valence-corrected chi connectivity index (χ2v) is 4.62. The van der Waals surface area contributed by atoms with Crippen LogP contribution < -0.4 is 0 Å². The molecule has 1 unspecified atom stereocenters. The minimum Gasteiger partial charge on any atom is -0.0843 e. The first-order valence-electron chi connectivity index (χ1n) is 5.39. The fourth-order valence-electron chi connectivity index (χ4n) is 2.28. The van der Waals surface area contributed by atoms with Crippen LogP contribution in [-0.4, -0.2) is 0 Å². The zero-order chi connectivity index (χ0) is 9.97. The fourth-order valence-corrected chi connectivity index (χ4v) is 2.41. The summed E-state index contributed by atoms with van der Waals surface area (Å²) in [7, 11) is 0. The van der Waals surface area contributed by atoms with Crippen LogP contribution in [0, 0.1) is 11.8 Å². The molecule has 1 heteroatoms. The summed E-state index contributed by atoms with van der Waals surface area (Å²) in [5, 5.41) is 0.831. The average Bonchev–Trinajstić information content (AvgIpc) is 2.20. The Kier molecular flexibility index (Phi) is 3.12. The van der Waals surface area contributed by atoms with Crippen LogP contribution in [0.1, 0.15) is 38.2 Å². The molecule has 14 heavy (non-hydrogen) atoms. The highest BCUT2D eigenvalue weighted by atomic mass is 35.5. The van der Waals surface area contributed by atoms with Crippen molar-refractivity contribution in [3.63, 3.8) is 0 Å². The first-order chi connectivity index (χ1) is 6.77. The molecule has 0 aromatic heterocycles. The monoisotopic (exact) mass is 207 g/mol. The molecule has 1 radical (unpaired) electrons. The molecule has 1 saturated carbocycles. The predicted octanol–water partition coefficient (Wildman–Crippen LogP) is 4.47. The minimum atomic E-state index is 0.755. The molecule has 0 bridgehead atoms. The third-order valence-corrected chi connectivity index (χ3v) is 3.40. The van der Waals surface area contributed by atoms with Gasteiger partial charge in [0.05, 0.1) is 0 Å². The third-order valence-electron chi connectivity index (χ3n) is 3.14. The van der Waals surface area contributed by atoms with Gasteiger partial charge >= 0.3 is 0 Å². The number of halogens is 1. The van der Waals surface area contributed by atoms with Crippen molar-refractivity contribution in [2.24, 2.45) is 5.92 Å². The maximum atomic E-state index is 5.88. The third kappa shape index (κ3) is 2.12. The second-order valence-electron chi connectivity index (χ2n) is 4.18. The van der Waals surface area contributed by atoms with Gasteiger partial charge < -0.3 is 0 Å². The van der Waals surface area contributed by atoms with E-state index in [0.717, 1.165) is 10.9 Å². The number of benzene rings is 1. The molecule has 0 spiro atoms. The first kappa shape index (κ1) is 10.0. The molecule has 1 atom stereocenters. The zero-order valence-corrected chi connectivity index (χ0v) is 9.35. The second kappa shape index (κ2) is 4.35. The number of rotatable bonds is 1. The zero-order valence-electron chi connectivity index (χ0n) is 8.59. The lowest BCUT2D eigenvalue weighted by atomic mass is 9.76. The molecule has 1 aliphatic rings. The maximum Gasteiger partial charge on any atom is 0.0406 e. The van der Waals surface area contributed by atoms with E-state index in [0.29, 0.717) is 0 Å². The fraction of sp³-hybridized carbons (Fsp3) is 0.462. The van der Waals surface area contributed by atoms with Crippen LogP contribution in [0.5, 0.6) is 0 Å². The molecule has 0 amide bonds. The molecule has 0 aliphatic heterocycles. The summed E-state index contributed by atoms with van der Waals surface area (Å²) in [4.78, 5) is 0. The number of hydrogen-bond acceptors (Lipinski definition) is 0. The molecule has 0 saturated heterocycles. The van der Waals surface area contributed by atoms with E-state index in [9.17, 15) is 0 Å². The highest BCUT2D eigenvalue weighted by Crippen LogP contribution is 2.36. The van der Waals surface area contributed by atoms with Crippen LogP contribution in [0.2, 0.25) is 5.02 Å². The van der Waals surface area contributed by atoms with E-state index in [1.807, 2.05) is 12.1 Å². The average molecular weight is 208 g/mol. The standard InChI is InChI=1S/C13H16Cl/c1-10-4-2-3-5-13(10)11-6-8-12(14)9-7-11/h6-10H,2-5H2,1H3. The van der Waals surface area contributed by atoms with Crippen molar-refractivity contribution < 1.29 is 0 Å². The molecular formula is C13H16Cl. The topological polar surface area (TPSA) is 0 Å². The molecule has 2 rings (SSSR count). The molecule has 1 aliphatic carbocycles. The largest absolute Gasteiger partial charge is 0.0843 e. The van der Waals surface area contributed by atoms with E-state index in [1.54, 1.807) is 5.92 Å². The van der Waals surface area contributed by atoms with Gasteiger partial charge in [-0.3, -0.25) is 0 Å². The molecule has 1 aromatic carbocycles. The summed E-state index contributed by atoms with van der Waals surface area (Å²) in [6, 6.07) is 8.29. The van der Waals surface area contributed by atoms with Crippen LogP contribution in [-0.2, 0) is 0 Å². The molecule has 75 valence electrons. The molecule has 0 heterocycles. The van der Waals surface area contributed by atoms with Gasteiger partial charge in [-0.15, -0.1) is 0 Å². The van der Waals surface area contributed by atoms with Gasteiger partial charge in [-0.1, -0.05) is 43.5 Å². The molecule has 0 N–H and O–H groups in total. The van der Waals surface area contributed by atoms with Gasteiger partial charge in [0.2, 0.25) is 0 Å². The van der Waals surface area contributed by atoms with E-state index in [1.165, 1.54) is 31.2 Å². The van der Waals surface area contributed by atoms with Gasteiger partial charge in [-0.25, -0.2) is 0 Å². The van der Waals surface area contributed by atoms with Gasteiger partial charge in [0.25, 0.3) is 0 Å². The van der Waals surface area contributed by atoms with Crippen molar-refractivity contribution in [2.75, 3.05) is 0 Å². The van der Waals surface area contributed by atoms with Gasteiger partial charge in [0.15, 0.2) is 0 Å². The Morgan fingerprint density at radius 1 is 1.14 bits per heavy atom. The highest BCUT2D eigenvalue weighted by molar-refractivity contribution is 6.30. The lowest BCUT2D eigenvalue weighted by Gasteiger charge is -2.28. The summed E-state index contributed by atoms with van der Waals surface area (Å²) in [5.74, 6) is 2.37. The normalized spacial score (nSPS) is 23.7. The van der Waals surface area contributed by atoms with Gasteiger partial charge in [-0.2, -0.15) is 0 Å². The Morgan fingerprint density at radius 2 is 1.86 bits per heavy atom. The summed E-state index contributed by atoms with van der Waals surface area (Å²) >= 11 is 5.88. The van der Waals surface area contributed by atoms with Crippen molar-refractivity contribution in [1.29, 1.82) is 0 Å². The van der Waals surface area contributed by atoms with Crippen LogP contribution in [0.25, 0.3) is 0 Å². The highest BCUT2D eigenvalue weighted by Gasteiger charge is 2.22. The molecule has 1 fully saturated rings.